The fourth-order valence-electron chi connectivity index (χ4n) is 11.1. The molecule has 0 aromatic rings. The molecular formula is C34H50O6. The molecule has 0 spiro atoms. The molecule has 0 unspecified atom stereocenters. The number of Topliss-reactive ketones (excluding diaryl/α,β-unsaturated/α-hetero) is 1. The van der Waals surface area contributed by atoms with Crippen LogP contribution in [0, 0.1) is 56.2 Å². The van der Waals surface area contributed by atoms with Crippen molar-refractivity contribution < 1.29 is 29.0 Å². The van der Waals surface area contributed by atoms with E-state index in [1.54, 1.807) is 0 Å². The summed E-state index contributed by atoms with van der Waals surface area (Å²) in [5, 5.41) is 10.1. The third-order valence-electron chi connectivity index (χ3n) is 13.8. The van der Waals surface area contributed by atoms with E-state index in [1.807, 2.05) is 13.0 Å². The number of fused-ring (bicyclic) bond motifs is 7. The zero-order chi connectivity index (χ0) is 29.7. The van der Waals surface area contributed by atoms with Crippen molar-refractivity contribution in [2.75, 3.05) is 6.61 Å². The number of allylic oxidation sites excluding steroid dienone is 2. The van der Waals surface area contributed by atoms with Crippen LogP contribution in [0.15, 0.2) is 11.6 Å². The predicted molar refractivity (Wildman–Crippen MR) is 152 cm³/mol. The summed E-state index contributed by atoms with van der Waals surface area (Å²) in [6, 6.07) is 0. The Morgan fingerprint density at radius 3 is 2.20 bits per heavy atom. The van der Waals surface area contributed by atoms with E-state index in [0.717, 1.165) is 38.5 Å². The predicted octanol–water partition coefficient (Wildman–Crippen LogP) is 6.80. The molecule has 0 aromatic heterocycles. The van der Waals surface area contributed by atoms with Crippen LogP contribution >= 0.6 is 0 Å². The maximum Gasteiger partial charge on any atom is 0.309 e. The SMILES string of the molecule is CC(=O)COC(=O)[C@H]1CC[C@]2(C)[C@H]3C(=O)C=C4[C@@H]5C[C@@](C)(C(=O)O)CC[C@]5(C)CC[C@@]4(C)[C@]3(C)CC[C@H]2C1(C)C. The van der Waals surface area contributed by atoms with Crippen LogP contribution in [0.1, 0.15) is 113 Å². The largest absolute Gasteiger partial charge is 0.481 e. The molecule has 0 saturated heterocycles. The van der Waals surface area contributed by atoms with E-state index in [9.17, 15) is 24.3 Å². The van der Waals surface area contributed by atoms with Crippen LogP contribution in [0.25, 0.3) is 0 Å². The van der Waals surface area contributed by atoms with Gasteiger partial charge in [-0.2, -0.15) is 0 Å². The molecule has 0 amide bonds. The molecule has 9 atom stereocenters. The van der Waals surface area contributed by atoms with Gasteiger partial charge in [-0.1, -0.05) is 47.1 Å². The molecule has 5 aliphatic rings. The van der Waals surface area contributed by atoms with Gasteiger partial charge in [-0.3, -0.25) is 19.2 Å². The number of esters is 1. The molecular weight excluding hydrogens is 504 g/mol. The van der Waals surface area contributed by atoms with Crippen LogP contribution in [0.5, 0.6) is 0 Å². The number of hydrogen-bond acceptors (Lipinski definition) is 5. The van der Waals surface area contributed by atoms with Gasteiger partial charge in [-0.15, -0.1) is 0 Å². The van der Waals surface area contributed by atoms with E-state index in [1.165, 1.54) is 12.5 Å². The number of carboxylic acid groups (broad SMARTS) is 1. The minimum atomic E-state index is -0.757. The van der Waals surface area contributed by atoms with E-state index in [-0.39, 0.29) is 74.9 Å². The Morgan fingerprint density at radius 2 is 1.57 bits per heavy atom. The average Bonchev–Trinajstić information content (AvgIpc) is 2.84. The lowest BCUT2D eigenvalue weighted by Crippen LogP contribution is -2.66. The molecule has 1 N–H and O–H groups in total. The zero-order valence-corrected chi connectivity index (χ0v) is 25.9. The lowest BCUT2D eigenvalue weighted by atomic mass is 9.33. The summed E-state index contributed by atoms with van der Waals surface area (Å²) >= 11 is 0. The van der Waals surface area contributed by atoms with Crippen molar-refractivity contribution in [1.82, 2.24) is 0 Å². The Balaban J connectivity index is 1.53. The standard InChI is InChI=1S/C34H50O6/c1-20(35)19-40-27(37)21-9-11-32(6)25(29(21,2)3)10-12-34(8)26(32)24(36)17-22-23-18-31(5,28(38)39)14-13-30(23,4)15-16-33(22,34)7/h17,21,23,25-26H,9-16,18-19H2,1-8H3,(H,38,39)/t21-,23+,25+,26-,30-,31+,32+,33-,34-/m1/s1. The first-order valence-electron chi connectivity index (χ1n) is 15.5. The number of carbonyl (C=O) groups excluding carboxylic acids is 3. The number of aliphatic carboxylic acids is 1. The minimum absolute atomic E-state index is 0.0329. The Morgan fingerprint density at radius 1 is 0.925 bits per heavy atom. The monoisotopic (exact) mass is 554 g/mol. The topological polar surface area (TPSA) is 97.7 Å². The summed E-state index contributed by atoms with van der Waals surface area (Å²) in [6.07, 6.45) is 9.55. The van der Waals surface area contributed by atoms with Gasteiger partial charge in [-0.25, -0.2) is 0 Å². The normalized spacial score (nSPS) is 47.5. The lowest BCUT2D eigenvalue weighted by molar-refractivity contribution is -0.199. The molecule has 5 rings (SSSR count). The van der Waals surface area contributed by atoms with Crippen molar-refractivity contribution in [2.24, 2.45) is 56.2 Å². The first-order valence-corrected chi connectivity index (χ1v) is 15.5. The summed E-state index contributed by atoms with van der Waals surface area (Å²) < 4.78 is 5.41. The molecule has 40 heavy (non-hydrogen) atoms. The van der Waals surface area contributed by atoms with Crippen molar-refractivity contribution in [2.45, 2.75) is 113 Å². The molecule has 6 nitrogen and oxygen atoms in total. The van der Waals surface area contributed by atoms with E-state index in [0.29, 0.717) is 19.3 Å². The molecule has 5 aliphatic carbocycles. The van der Waals surface area contributed by atoms with Crippen molar-refractivity contribution in [3.63, 3.8) is 0 Å². The van der Waals surface area contributed by atoms with Gasteiger partial charge in [0.1, 0.15) is 6.61 Å². The van der Waals surface area contributed by atoms with Crippen molar-refractivity contribution in [3.05, 3.63) is 11.6 Å². The van der Waals surface area contributed by atoms with Gasteiger partial charge in [0.2, 0.25) is 0 Å². The second-order valence-electron chi connectivity index (χ2n) is 16.3. The van der Waals surface area contributed by atoms with Crippen molar-refractivity contribution in [3.8, 4) is 0 Å². The van der Waals surface area contributed by atoms with Crippen LogP contribution in [0.4, 0.5) is 0 Å². The zero-order valence-electron chi connectivity index (χ0n) is 25.9. The van der Waals surface area contributed by atoms with Gasteiger partial charge >= 0.3 is 11.9 Å². The molecule has 222 valence electrons. The maximum absolute atomic E-state index is 14.4. The second kappa shape index (κ2) is 9.01. The van der Waals surface area contributed by atoms with Crippen molar-refractivity contribution >= 4 is 23.5 Å². The van der Waals surface area contributed by atoms with Gasteiger partial charge in [0.25, 0.3) is 0 Å². The summed E-state index contributed by atoms with van der Waals surface area (Å²) in [6.45, 7) is 16.8. The second-order valence-corrected chi connectivity index (χ2v) is 16.3. The quantitative estimate of drug-likeness (QED) is 0.384. The molecule has 0 heterocycles. The summed E-state index contributed by atoms with van der Waals surface area (Å²) in [5.74, 6) is -1.09. The van der Waals surface area contributed by atoms with Crippen LogP contribution in [-0.4, -0.2) is 35.2 Å². The molecule has 6 heteroatoms. The third-order valence-corrected chi connectivity index (χ3v) is 13.8. The highest BCUT2D eigenvalue weighted by atomic mass is 16.5. The summed E-state index contributed by atoms with van der Waals surface area (Å²) in [5.41, 5.74) is -0.500. The molecule has 0 aliphatic heterocycles. The first kappa shape index (κ1) is 29.5. The van der Waals surface area contributed by atoms with E-state index in [2.05, 4.69) is 41.5 Å². The van der Waals surface area contributed by atoms with Crippen molar-refractivity contribution in [1.29, 1.82) is 0 Å². The van der Waals surface area contributed by atoms with Gasteiger partial charge in [0.05, 0.1) is 11.3 Å². The van der Waals surface area contributed by atoms with Crippen LogP contribution in [0.2, 0.25) is 0 Å². The molecule has 0 bridgehead atoms. The summed E-state index contributed by atoms with van der Waals surface area (Å²) in [7, 11) is 0. The third kappa shape index (κ3) is 3.86. The number of carbonyl (C=O) groups is 4. The van der Waals surface area contributed by atoms with Crippen LogP contribution in [-0.2, 0) is 23.9 Å². The van der Waals surface area contributed by atoms with E-state index >= 15 is 0 Å². The lowest BCUT2D eigenvalue weighted by Gasteiger charge is -2.70. The van der Waals surface area contributed by atoms with E-state index in [4.69, 9.17) is 4.74 Å². The highest BCUT2D eigenvalue weighted by Crippen LogP contribution is 2.75. The Bertz CT molecular complexity index is 1180. The number of carboxylic acids is 1. The maximum atomic E-state index is 14.4. The van der Waals surface area contributed by atoms with E-state index < -0.39 is 11.4 Å². The molecule has 0 radical (unpaired) electrons. The Hall–Kier alpha value is -1.98. The molecule has 0 aromatic carbocycles. The fraction of sp³-hybridized carbons (Fsp3) is 0.824. The molecule has 4 fully saturated rings. The van der Waals surface area contributed by atoms with Gasteiger partial charge in [-0.05, 0) is 117 Å². The average molecular weight is 555 g/mol. The highest BCUT2D eigenvalue weighted by molar-refractivity contribution is 5.96. The number of hydrogen-bond donors (Lipinski definition) is 1. The highest BCUT2D eigenvalue weighted by Gasteiger charge is 2.70. The van der Waals surface area contributed by atoms with Gasteiger partial charge in [0, 0.05) is 5.92 Å². The Labute approximate surface area is 240 Å². The van der Waals surface area contributed by atoms with Crippen LogP contribution < -0.4 is 0 Å². The smallest absolute Gasteiger partial charge is 0.309 e. The van der Waals surface area contributed by atoms with Gasteiger partial charge < -0.3 is 9.84 Å². The van der Waals surface area contributed by atoms with Crippen LogP contribution in [0.3, 0.4) is 0 Å². The number of ketones is 2. The number of ether oxygens (including phenoxy) is 1. The molecule has 4 saturated carbocycles. The number of rotatable bonds is 4. The summed E-state index contributed by atoms with van der Waals surface area (Å²) in [4.78, 5) is 51.4. The fourth-order valence-corrected chi connectivity index (χ4v) is 11.1. The Kier molecular flexibility index (Phi) is 6.65. The minimum Gasteiger partial charge on any atom is -0.481 e. The van der Waals surface area contributed by atoms with Gasteiger partial charge in [0.15, 0.2) is 11.6 Å². The first-order chi connectivity index (χ1) is 18.4.